The number of urea groups is 1. The first-order chi connectivity index (χ1) is 14.0. The SMILES string of the molecule is COc1ccc(C2=NOC(CN(Cc3ccccc3Cl)C(=O)NC(C)C)C2)cc1. The average Bonchev–Trinajstić information content (AvgIpc) is 3.17. The van der Waals surface area contributed by atoms with Crippen molar-refractivity contribution >= 4 is 23.3 Å². The van der Waals surface area contributed by atoms with Crippen LogP contribution in [0.5, 0.6) is 5.75 Å². The van der Waals surface area contributed by atoms with Crippen molar-refractivity contribution in [2.75, 3.05) is 13.7 Å². The number of rotatable bonds is 7. The lowest BCUT2D eigenvalue weighted by Gasteiger charge is -2.26. The fourth-order valence-electron chi connectivity index (χ4n) is 3.12. The highest BCUT2D eigenvalue weighted by Crippen LogP contribution is 2.22. The van der Waals surface area contributed by atoms with Crippen LogP contribution < -0.4 is 10.1 Å². The van der Waals surface area contributed by atoms with Gasteiger partial charge < -0.3 is 19.8 Å². The van der Waals surface area contributed by atoms with E-state index in [1.807, 2.05) is 62.4 Å². The van der Waals surface area contributed by atoms with E-state index in [0.29, 0.717) is 24.5 Å². The summed E-state index contributed by atoms with van der Waals surface area (Å²) in [5, 5.41) is 7.82. The summed E-state index contributed by atoms with van der Waals surface area (Å²) in [6.07, 6.45) is 0.410. The molecule has 0 spiro atoms. The van der Waals surface area contributed by atoms with E-state index in [1.165, 1.54) is 0 Å². The van der Waals surface area contributed by atoms with Gasteiger partial charge in [0.1, 0.15) is 5.75 Å². The minimum atomic E-state index is -0.215. The molecule has 0 bridgehead atoms. The van der Waals surface area contributed by atoms with Crippen molar-refractivity contribution in [2.24, 2.45) is 5.16 Å². The minimum Gasteiger partial charge on any atom is -0.497 e. The Labute approximate surface area is 176 Å². The Balaban J connectivity index is 1.67. The number of hydrogen-bond acceptors (Lipinski definition) is 4. The Morgan fingerprint density at radius 2 is 2.00 bits per heavy atom. The van der Waals surface area contributed by atoms with Gasteiger partial charge in [-0.15, -0.1) is 0 Å². The summed E-state index contributed by atoms with van der Waals surface area (Å²) < 4.78 is 5.20. The van der Waals surface area contributed by atoms with Crippen LogP contribution in [0, 0.1) is 0 Å². The van der Waals surface area contributed by atoms with Crippen LogP contribution in [0.4, 0.5) is 4.79 Å². The number of ether oxygens (including phenoxy) is 1. The molecule has 0 aromatic heterocycles. The lowest BCUT2D eigenvalue weighted by Crippen LogP contribution is -2.45. The molecule has 1 atom stereocenters. The second kappa shape index (κ2) is 9.65. The van der Waals surface area contributed by atoms with Crippen molar-refractivity contribution in [3.8, 4) is 5.75 Å². The molecule has 0 saturated heterocycles. The number of methoxy groups -OCH3 is 1. The van der Waals surface area contributed by atoms with Crippen LogP contribution >= 0.6 is 11.6 Å². The number of hydrogen-bond donors (Lipinski definition) is 1. The first kappa shape index (κ1) is 21.0. The Hall–Kier alpha value is -2.73. The predicted octanol–water partition coefficient (Wildman–Crippen LogP) is 4.46. The smallest absolute Gasteiger partial charge is 0.318 e. The van der Waals surface area contributed by atoms with Gasteiger partial charge in [-0.05, 0) is 55.3 Å². The molecule has 2 amide bonds. The molecule has 0 saturated carbocycles. The van der Waals surface area contributed by atoms with Crippen LogP contribution in [0.1, 0.15) is 31.4 Å². The van der Waals surface area contributed by atoms with Crippen LogP contribution in [0.3, 0.4) is 0 Å². The summed E-state index contributed by atoms with van der Waals surface area (Å²) in [5.74, 6) is 0.793. The summed E-state index contributed by atoms with van der Waals surface area (Å²) in [4.78, 5) is 20.1. The zero-order valence-electron chi connectivity index (χ0n) is 16.9. The van der Waals surface area contributed by atoms with Gasteiger partial charge in [0.05, 0.1) is 19.4 Å². The topological polar surface area (TPSA) is 63.2 Å². The molecule has 2 aromatic carbocycles. The maximum absolute atomic E-state index is 12.7. The fraction of sp³-hybridized carbons (Fsp3) is 0.364. The molecule has 1 heterocycles. The van der Waals surface area contributed by atoms with Crippen molar-refractivity contribution in [3.05, 3.63) is 64.7 Å². The van der Waals surface area contributed by atoms with Gasteiger partial charge in [0, 0.05) is 24.0 Å². The van der Waals surface area contributed by atoms with Gasteiger partial charge in [-0.25, -0.2) is 4.79 Å². The normalized spacial score (nSPS) is 15.6. The molecule has 29 heavy (non-hydrogen) atoms. The van der Waals surface area contributed by atoms with Gasteiger partial charge in [-0.3, -0.25) is 0 Å². The summed E-state index contributed by atoms with van der Waals surface area (Å²) in [5.41, 5.74) is 2.74. The molecular formula is C22H26ClN3O3. The number of halogens is 1. The van der Waals surface area contributed by atoms with Crippen LogP contribution in [-0.2, 0) is 11.4 Å². The quantitative estimate of drug-likeness (QED) is 0.726. The van der Waals surface area contributed by atoms with Gasteiger partial charge in [0.2, 0.25) is 0 Å². The van der Waals surface area contributed by atoms with E-state index in [0.717, 1.165) is 22.6 Å². The third kappa shape index (κ3) is 5.64. The van der Waals surface area contributed by atoms with Crippen molar-refractivity contribution in [1.82, 2.24) is 10.2 Å². The molecular weight excluding hydrogens is 390 g/mol. The summed E-state index contributed by atoms with van der Waals surface area (Å²) in [6, 6.07) is 15.1. The van der Waals surface area contributed by atoms with E-state index >= 15 is 0 Å². The van der Waals surface area contributed by atoms with Crippen LogP contribution in [0.15, 0.2) is 53.7 Å². The largest absolute Gasteiger partial charge is 0.497 e. The molecule has 0 radical (unpaired) electrons. The third-order valence-electron chi connectivity index (χ3n) is 4.60. The molecule has 1 unspecified atom stereocenters. The highest BCUT2D eigenvalue weighted by atomic mass is 35.5. The van der Waals surface area contributed by atoms with Crippen molar-refractivity contribution in [2.45, 2.75) is 39.0 Å². The second-order valence-corrected chi connectivity index (χ2v) is 7.68. The predicted molar refractivity (Wildman–Crippen MR) is 115 cm³/mol. The highest BCUT2D eigenvalue weighted by Gasteiger charge is 2.27. The van der Waals surface area contributed by atoms with Gasteiger partial charge >= 0.3 is 6.03 Å². The molecule has 0 fully saturated rings. The monoisotopic (exact) mass is 415 g/mol. The Kier molecular flexibility index (Phi) is 6.99. The molecule has 154 valence electrons. The first-order valence-electron chi connectivity index (χ1n) is 9.62. The number of amides is 2. The van der Waals surface area contributed by atoms with E-state index in [1.54, 1.807) is 12.0 Å². The van der Waals surface area contributed by atoms with Crippen LogP contribution in [0.25, 0.3) is 0 Å². The number of carbonyl (C=O) groups excluding carboxylic acids is 1. The minimum absolute atomic E-state index is 0.0341. The van der Waals surface area contributed by atoms with Crippen molar-refractivity contribution in [1.29, 1.82) is 0 Å². The van der Waals surface area contributed by atoms with Gasteiger partial charge in [0.15, 0.2) is 6.10 Å². The fourth-order valence-corrected chi connectivity index (χ4v) is 3.31. The van der Waals surface area contributed by atoms with Gasteiger partial charge in [-0.2, -0.15) is 0 Å². The molecule has 3 rings (SSSR count). The second-order valence-electron chi connectivity index (χ2n) is 7.27. The van der Waals surface area contributed by atoms with Crippen LogP contribution in [-0.4, -0.2) is 42.4 Å². The van der Waals surface area contributed by atoms with Crippen LogP contribution in [0.2, 0.25) is 5.02 Å². The van der Waals surface area contributed by atoms with Gasteiger partial charge in [-0.1, -0.05) is 35.0 Å². The zero-order chi connectivity index (χ0) is 20.8. The number of oxime groups is 1. The first-order valence-corrected chi connectivity index (χ1v) is 10.00. The molecule has 2 aromatic rings. The zero-order valence-corrected chi connectivity index (χ0v) is 17.6. The van der Waals surface area contributed by atoms with E-state index in [9.17, 15) is 4.79 Å². The van der Waals surface area contributed by atoms with E-state index in [4.69, 9.17) is 21.2 Å². The Bertz CT molecular complexity index is 868. The maximum Gasteiger partial charge on any atom is 0.318 e. The molecule has 6 nitrogen and oxygen atoms in total. The molecule has 7 heteroatoms. The number of nitrogens with one attached hydrogen (secondary N) is 1. The molecule has 0 aliphatic carbocycles. The number of carbonyl (C=O) groups is 1. The number of nitrogens with zero attached hydrogens (tertiary/aromatic N) is 2. The van der Waals surface area contributed by atoms with Crippen molar-refractivity contribution < 1.29 is 14.4 Å². The van der Waals surface area contributed by atoms with E-state index in [-0.39, 0.29) is 18.2 Å². The lowest BCUT2D eigenvalue weighted by molar-refractivity contribution is 0.0586. The Morgan fingerprint density at radius 3 is 2.66 bits per heavy atom. The maximum atomic E-state index is 12.7. The summed E-state index contributed by atoms with van der Waals surface area (Å²) >= 11 is 6.30. The summed E-state index contributed by atoms with van der Waals surface area (Å²) in [6.45, 7) is 4.67. The summed E-state index contributed by atoms with van der Waals surface area (Å²) in [7, 11) is 1.64. The number of benzene rings is 2. The van der Waals surface area contributed by atoms with Gasteiger partial charge in [0.25, 0.3) is 0 Å². The third-order valence-corrected chi connectivity index (χ3v) is 4.97. The molecule has 1 aliphatic heterocycles. The highest BCUT2D eigenvalue weighted by molar-refractivity contribution is 6.31. The molecule has 1 aliphatic rings. The Morgan fingerprint density at radius 1 is 1.28 bits per heavy atom. The average molecular weight is 416 g/mol. The lowest BCUT2D eigenvalue weighted by atomic mass is 10.0. The van der Waals surface area contributed by atoms with E-state index in [2.05, 4.69) is 10.5 Å². The molecule has 1 N–H and O–H groups in total. The van der Waals surface area contributed by atoms with E-state index < -0.39 is 0 Å². The standard InChI is InChI=1S/C22H26ClN3O3/c1-15(2)24-22(27)26(13-17-6-4-5-7-20(17)23)14-19-12-21(25-29-19)16-8-10-18(28-3)11-9-16/h4-11,15,19H,12-14H2,1-3H3,(H,24,27). The van der Waals surface area contributed by atoms with Crippen molar-refractivity contribution in [3.63, 3.8) is 0 Å².